The second-order valence-electron chi connectivity index (χ2n) is 8.82. The molecule has 2 saturated heterocycles. The molecule has 1 atom stereocenters. The molecule has 0 bridgehead atoms. The van der Waals surface area contributed by atoms with E-state index in [0.717, 1.165) is 44.6 Å². The molecule has 5 rings (SSSR count). The van der Waals surface area contributed by atoms with Crippen LogP contribution < -0.4 is 9.64 Å². The molecular weight excluding hydrogens is 460 g/mol. The highest BCUT2D eigenvalue weighted by Crippen LogP contribution is 2.32. The van der Waals surface area contributed by atoms with Gasteiger partial charge in [0.25, 0.3) is 0 Å². The third-order valence-corrected chi connectivity index (χ3v) is 9.14. The summed E-state index contributed by atoms with van der Waals surface area (Å²) in [6.07, 6.45) is 8.68. The zero-order chi connectivity index (χ0) is 22.8. The first-order chi connectivity index (χ1) is 16.0. The fourth-order valence-corrected chi connectivity index (χ4v) is 6.90. The van der Waals surface area contributed by atoms with Crippen molar-refractivity contribution >= 4 is 27.3 Å². The number of rotatable bonds is 6. The molecule has 1 aromatic carbocycles. The predicted octanol–water partition coefficient (Wildman–Crippen LogP) is 3.42. The summed E-state index contributed by atoms with van der Waals surface area (Å²) in [7, 11) is -3.62. The minimum atomic E-state index is -3.62. The average Bonchev–Trinajstić information content (AvgIpc) is 3.52. The number of pyridine rings is 1. The van der Waals surface area contributed by atoms with Crippen molar-refractivity contribution < 1.29 is 13.2 Å². The fraction of sp³-hybridized carbons (Fsp3) is 0.458. The molecule has 0 N–H and O–H groups in total. The van der Waals surface area contributed by atoms with Crippen molar-refractivity contribution in [3.63, 3.8) is 0 Å². The molecule has 7 nitrogen and oxygen atoms in total. The maximum atomic E-state index is 13.3. The van der Waals surface area contributed by atoms with Gasteiger partial charge in [-0.2, -0.15) is 4.31 Å². The van der Waals surface area contributed by atoms with E-state index >= 15 is 0 Å². The smallest absolute Gasteiger partial charge is 0.244 e. The van der Waals surface area contributed by atoms with Gasteiger partial charge in [0, 0.05) is 63.1 Å². The number of hydrogen-bond acceptors (Lipinski definition) is 6. The van der Waals surface area contributed by atoms with E-state index in [4.69, 9.17) is 16.3 Å². The van der Waals surface area contributed by atoms with Gasteiger partial charge in [0.05, 0.1) is 11.6 Å². The van der Waals surface area contributed by atoms with Crippen molar-refractivity contribution in [2.75, 3.05) is 44.2 Å². The molecule has 2 fully saturated rings. The highest BCUT2D eigenvalue weighted by molar-refractivity contribution is 7.89. The first kappa shape index (κ1) is 22.7. The van der Waals surface area contributed by atoms with Crippen molar-refractivity contribution in [3.8, 4) is 5.88 Å². The van der Waals surface area contributed by atoms with Crippen LogP contribution in [-0.4, -0.2) is 74.0 Å². The van der Waals surface area contributed by atoms with E-state index in [-0.39, 0.29) is 16.0 Å². The van der Waals surface area contributed by atoms with Crippen molar-refractivity contribution in [2.45, 2.75) is 36.3 Å². The Morgan fingerprint density at radius 1 is 1.00 bits per heavy atom. The van der Waals surface area contributed by atoms with Crippen LogP contribution in [0, 0.1) is 0 Å². The molecule has 33 heavy (non-hydrogen) atoms. The Labute approximate surface area is 200 Å². The van der Waals surface area contributed by atoms with Crippen LogP contribution in [0.1, 0.15) is 19.3 Å². The van der Waals surface area contributed by atoms with E-state index in [1.807, 2.05) is 24.3 Å². The highest BCUT2D eigenvalue weighted by Gasteiger charge is 2.33. The van der Waals surface area contributed by atoms with Gasteiger partial charge in [0.2, 0.25) is 15.9 Å². The van der Waals surface area contributed by atoms with E-state index in [0.29, 0.717) is 31.6 Å². The Morgan fingerprint density at radius 3 is 2.48 bits per heavy atom. The number of benzene rings is 1. The molecule has 0 spiro atoms. The molecule has 0 amide bonds. The number of hydrogen-bond donors (Lipinski definition) is 0. The van der Waals surface area contributed by atoms with Gasteiger partial charge in [-0.3, -0.25) is 4.90 Å². The topological polar surface area (TPSA) is 66.0 Å². The summed E-state index contributed by atoms with van der Waals surface area (Å²) in [5.41, 5.74) is 0.909. The monoisotopic (exact) mass is 488 g/mol. The lowest BCUT2D eigenvalue weighted by Crippen LogP contribution is -2.46. The van der Waals surface area contributed by atoms with Crippen LogP contribution in [0.4, 0.5) is 5.69 Å². The van der Waals surface area contributed by atoms with E-state index in [2.05, 4.69) is 26.9 Å². The van der Waals surface area contributed by atoms with Crippen LogP contribution in [0.25, 0.3) is 0 Å². The van der Waals surface area contributed by atoms with E-state index in [9.17, 15) is 8.42 Å². The lowest BCUT2D eigenvalue weighted by molar-refractivity contribution is 0.173. The van der Waals surface area contributed by atoms with Crippen molar-refractivity contribution in [2.24, 2.45) is 0 Å². The summed E-state index contributed by atoms with van der Waals surface area (Å²) in [5.74, 6) is 0.619. The molecule has 176 valence electrons. The van der Waals surface area contributed by atoms with Gasteiger partial charge < -0.3 is 9.64 Å². The molecule has 0 radical (unpaired) electrons. The number of anilines is 1. The van der Waals surface area contributed by atoms with Crippen molar-refractivity contribution in [1.29, 1.82) is 0 Å². The Balaban J connectivity index is 1.22. The Bertz CT molecular complexity index is 1100. The Kier molecular flexibility index (Phi) is 6.60. The van der Waals surface area contributed by atoms with Crippen LogP contribution in [0.5, 0.6) is 5.88 Å². The second-order valence-corrected chi connectivity index (χ2v) is 11.1. The average molecular weight is 489 g/mol. The van der Waals surface area contributed by atoms with Crippen LogP contribution in [0.2, 0.25) is 5.02 Å². The summed E-state index contributed by atoms with van der Waals surface area (Å²) >= 11 is 6.52. The number of ether oxygens (including phenoxy) is 1. The number of piperidine rings is 1. The molecule has 1 unspecified atom stereocenters. The molecule has 0 saturated carbocycles. The van der Waals surface area contributed by atoms with Crippen LogP contribution in [0.15, 0.2) is 59.6 Å². The van der Waals surface area contributed by atoms with Crippen LogP contribution in [0.3, 0.4) is 0 Å². The van der Waals surface area contributed by atoms with Gasteiger partial charge in [0.15, 0.2) is 0 Å². The fourth-order valence-electron chi connectivity index (χ4n) is 4.92. The van der Waals surface area contributed by atoms with Crippen LogP contribution in [-0.2, 0) is 10.0 Å². The summed E-state index contributed by atoms with van der Waals surface area (Å²) in [6, 6.07) is 11.3. The molecule has 0 aliphatic carbocycles. The molecule has 4 heterocycles. The molecule has 2 aromatic rings. The maximum absolute atomic E-state index is 13.3. The zero-order valence-electron chi connectivity index (χ0n) is 18.5. The lowest BCUT2D eigenvalue weighted by atomic mass is 10.1. The van der Waals surface area contributed by atoms with E-state index in [1.165, 1.54) is 0 Å². The van der Waals surface area contributed by atoms with Gasteiger partial charge >= 0.3 is 0 Å². The van der Waals surface area contributed by atoms with Gasteiger partial charge in [0.1, 0.15) is 11.0 Å². The highest BCUT2D eigenvalue weighted by atomic mass is 35.5. The van der Waals surface area contributed by atoms with Gasteiger partial charge in [-0.15, -0.1) is 0 Å². The van der Waals surface area contributed by atoms with E-state index < -0.39 is 10.0 Å². The second kappa shape index (κ2) is 9.62. The molecular formula is C24H29ClN4O3S. The SMILES string of the molecule is O=S(=O)(c1ccc(N2CCC(Oc3ccccn3)C2)cc1Cl)N1CCC(N2CC=CC2)CC1. The largest absolute Gasteiger partial charge is 0.472 e. The lowest BCUT2D eigenvalue weighted by Gasteiger charge is -2.36. The third-order valence-electron chi connectivity index (χ3n) is 6.75. The van der Waals surface area contributed by atoms with E-state index in [1.54, 1.807) is 22.6 Å². The van der Waals surface area contributed by atoms with Gasteiger partial charge in [-0.1, -0.05) is 29.8 Å². The standard InChI is InChI=1S/C24H29ClN4O3S/c25-22-17-20(28-14-10-21(18-28)32-24-5-1-2-11-26-24)6-7-23(22)33(30,31)29-15-8-19(9-16-29)27-12-3-4-13-27/h1-7,11,17,19,21H,8-10,12-16,18H2. The van der Waals surface area contributed by atoms with Crippen molar-refractivity contribution in [3.05, 3.63) is 59.8 Å². The summed E-state index contributed by atoms with van der Waals surface area (Å²) in [4.78, 5) is 9.00. The van der Waals surface area contributed by atoms with Gasteiger partial charge in [-0.25, -0.2) is 13.4 Å². The number of halogens is 1. The molecule has 3 aliphatic heterocycles. The minimum absolute atomic E-state index is 0.0363. The number of aromatic nitrogens is 1. The van der Waals surface area contributed by atoms with Crippen molar-refractivity contribution in [1.82, 2.24) is 14.2 Å². The minimum Gasteiger partial charge on any atom is -0.472 e. The molecule has 9 heteroatoms. The number of sulfonamides is 1. The number of nitrogens with zero attached hydrogens (tertiary/aromatic N) is 4. The van der Waals surface area contributed by atoms with Crippen LogP contribution >= 0.6 is 11.6 Å². The third kappa shape index (κ3) is 4.89. The predicted molar refractivity (Wildman–Crippen MR) is 129 cm³/mol. The normalized spacial score (nSPS) is 22.8. The summed E-state index contributed by atoms with van der Waals surface area (Å²) in [5, 5.41) is 0.271. The molecule has 3 aliphatic rings. The first-order valence-electron chi connectivity index (χ1n) is 11.5. The summed E-state index contributed by atoms with van der Waals surface area (Å²) in [6.45, 7) is 4.51. The summed E-state index contributed by atoms with van der Waals surface area (Å²) < 4.78 is 34.1. The zero-order valence-corrected chi connectivity index (χ0v) is 20.1. The van der Waals surface area contributed by atoms with Gasteiger partial charge in [-0.05, 0) is 37.1 Å². The maximum Gasteiger partial charge on any atom is 0.244 e. The molecule has 1 aromatic heterocycles. The quantitative estimate of drug-likeness (QED) is 0.580. The Hall–Kier alpha value is -2.13. The Morgan fingerprint density at radius 2 is 1.79 bits per heavy atom. The first-order valence-corrected chi connectivity index (χ1v) is 13.3.